The van der Waals surface area contributed by atoms with Gasteiger partial charge in [-0.25, -0.2) is 4.79 Å². The molecule has 0 aromatic heterocycles. The maximum atomic E-state index is 13.2. The number of piperidine rings is 1. The SMILES string of the molecule is CC1(C)CC(NC(=O)C2OCCOCCOCCOCCOCCOC2C(=O)O)CC(C)(C)N1O. The molecule has 2 atom stereocenters. The molecule has 204 valence electrons. The van der Waals surface area contributed by atoms with E-state index < -0.39 is 35.2 Å². The van der Waals surface area contributed by atoms with Gasteiger partial charge in [-0.3, -0.25) is 4.79 Å². The van der Waals surface area contributed by atoms with Crippen molar-refractivity contribution in [1.82, 2.24) is 10.4 Å². The van der Waals surface area contributed by atoms with Crippen LogP contribution in [0, 0.1) is 0 Å². The highest BCUT2D eigenvalue weighted by molar-refractivity contribution is 5.88. The van der Waals surface area contributed by atoms with Crippen molar-refractivity contribution in [3.8, 4) is 0 Å². The molecule has 2 fully saturated rings. The van der Waals surface area contributed by atoms with Crippen LogP contribution in [-0.4, -0.2) is 123 Å². The number of hydrogen-bond donors (Lipinski definition) is 3. The molecule has 0 aromatic rings. The van der Waals surface area contributed by atoms with Crippen molar-refractivity contribution in [2.75, 3.05) is 66.1 Å². The highest BCUT2D eigenvalue weighted by Gasteiger charge is 2.46. The van der Waals surface area contributed by atoms with Gasteiger partial charge in [-0.2, -0.15) is 5.06 Å². The van der Waals surface area contributed by atoms with Crippen molar-refractivity contribution in [1.29, 1.82) is 0 Å². The zero-order valence-corrected chi connectivity index (χ0v) is 21.3. The van der Waals surface area contributed by atoms with Gasteiger partial charge in [0.2, 0.25) is 0 Å². The van der Waals surface area contributed by atoms with Crippen LogP contribution in [-0.2, 0) is 38.0 Å². The molecule has 2 aliphatic rings. The van der Waals surface area contributed by atoms with Gasteiger partial charge in [-0.15, -0.1) is 0 Å². The molecule has 0 aliphatic carbocycles. The van der Waals surface area contributed by atoms with Gasteiger partial charge in [-0.05, 0) is 40.5 Å². The first-order valence-corrected chi connectivity index (χ1v) is 12.1. The highest BCUT2D eigenvalue weighted by Crippen LogP contribution is 2.36. The van der Waals surface area contributed by atoms with Crippen molar-refractivity contribution in [3.63, 3.8) is 0 Å². The zero-order valence-electron chi connectivity index (χ0n) is 21.3. The van der Waals surface area contributed by atoms with E-state index in [9.17, 15) is 19.9 Å². The molecule has 2 aliphatic heterocycles. The number of amides is 1. The minimum Gasteiger partial charge on any atom is -0.479 e. The van der Waals surface area contributed by atoms with E-state index in [-0.39, 0.29) is 32.5 Å². The summed E-state index contributed by atoms with van der Waals surface area (Å²) in [7, 11) is 0. The van der Waals surface area contributed by atoms with Gasteiger partial charge in [0.1, 0.15) is 0 Å². The summed E-state index contributed by atoms with van der Waals surface area (Å²) >= 11 is 0. The van der Waals surface area contributed by atoms with E-state index in [1.54, 1.807) is 0 Å². The molecule has 2 unspecified atom stereocenters. The summed E-state index contributed by atoms with van der Waals surface area (Å²) in [5, 5.41) is 24.5. The second-order valence-electron chi connectivity index (χ2n) is 9.92. The number of hydroxylamine groups is 2. The fourth-order valence-corrected chi connectivity index (χ4v) is 4.47. The maximum absolute atomic E-state index is 13.2. The molecule has 0 aromatic carbocycles. The molecule has 3 N–H and O–H groups in total. The number of ether oxygens (including phenoxy) is 6. The largest absolute Gasteiger partial charge is 0.479 e. The highest BCUT2D eigenvalue weighted by atomic mass is 16.6. The summed E-state index contributed by atoms with van der Waals surface area (Å²) in [6.07, 6.45) is -1.98. The first-order valence-electron chi connectivity index (χ1n) is 12.1. The van der Waals surface area contributed by atoms with Crippen molar-refractivity contribution in [2.24, 2.45) is 0 Å². The Morgan fingerprint density at radius 2 is 1.09 bits per heavy atom. The van der Waals surface area contributed by atoms with Crippen molar-refractivity contribution in [2.45, 2.75) is 69.9 Å². The summed E-state index contributed by atoms with van der Waals surface area (Å²) < 4.78 is 32.8. The van der Waals surface area contributed by atoms with Crippen LogP contribution in [0.4, 0.5) is 0 Å². The number of nitrogens with one attached hydrogen (secondary N) is 1. The van der Waals surface area contributed by atoms with Crippen molar-refractivity contribution in [3.05, 3.63) is 0 Å². The number of carbonyl (C=O) groups is 2. The predicted molar refractivity (Wildman–Crippen MR) is 123 cm³/mol. The number of aliphatic carboxylic acids is 1. The summed E-state index contributed by atoms with van der Waals surface area (Å²) in [4.78, 5) is 25.2. The van der Waals surface area contributed by atoms with E-state index >= 15 is 0 Å². The average Bonchev–Trinajstić information content (AvgIpc) is 2.76. The number of carboxylic acids is 1. The van der Waals surface area contributed by atoms with Crippen LogP contribution in [0.25, 0.3) is 0 Å². The van der Waals surface area contributed by atoms with Crippen LogP contribution in [0.15, 0.2) is 0 Å². The van der Waals surface area contributed by atoms with Gasteiger partial charge < -0.3 is 44.1 Å². The van der Waals surface area contributed by atoms with Crippen molar-refractivity contribution < 1.29 is 48.3 Å². The van der Waals surface area contributed by atoms with Gasteiger partial charge in [0.05, 0.1) is 66.1 Å². The molecule has 35 heavy (non-hydrogen) atoms. The first-order chi connectivity index (χ1) is 16.5. The monoisotopic (exact) mass is 506 g/mol. The lowest BCUT2D eigenvalue weighted by atomic mass is 9.79. The Labute approximate surface area is 207 Å². The third kappa shape index (κ3) is 9.89. The number of hydrogen-bond acceptors (Lipinski definition) is 10. The van der Waals surface area contributed by atoms with Gasteiger partial charge in [0.15, 0.2) is 12.2 Å². The van der Waals surface area contributed by atoms with Crippen LogP contribution >= 0.6 is 0 Å². The Morgan fingerprint density at radius 3 is 1.49 bits per heavy atom. The van der Waals surface area contributed by atoms with E-state index in [0.717, 1.165) is 0 Å². The standard InChI is InChI=1S/C23H42N2O10/c1-22(2)15-17(16-23(3,4)25(22)29)24-20(26)18-19(21(27)28)35-14-12-33-10-8-31-6-5-30-7-9-32-11-13-34-18/h17-19,29H,5-16H2,1-4H3,(H,24,26)(H,27,28). The third-order valence-electron chi connectivity index (χ3n) is 5.93. The molecular weight excluding hydrogens is 464 g/mol. The van der Waals surface area contributed by atoms with E-state index in [0.29, 0.717) is 52.5 Å². The molecule has 2 saturated heterocycles. The van der Waals surface area contributed by atoms with Gasteiger partial charge >= 0.3 is 5.97 Å². The Morgan fingerprint density at radius 1 is 0.714 bits per heavy atom. The molecule has 0 radical (unpaired) electrons. The molecule has 2 heterocycles. The average molecular weight is 507 g/mol. The number of nitrogens with zero attached hydrogens (tertiary/aromatic N) is 1. The molecule has 0 spiro atoms. The quantitative estimate of drug-likeness (QED) is 0.490. The Kier molecular flexibility index (Phi) is 12.3. The first kappa shape index (κ1) is 29.8. The predicted octanol–water partition coefficient (Wildman–Crippen LogP) is 0.448. The lowest BCUT2D eigenvalue weighted by Crippen LogP contribution is -2.64. The normalized spacial score (nSPS) is 28.9. The van der Waals surface area contributed by atoms with Gasteiger partial charge in [0, 0.05) is 17.1 Å². The van der Waals surface area contributed by atoms with Crippen LogP contribution in [0.3, 0.4) is 0 Å². The number of carboxylic acid groups (broad SMARTS) is 1. The summed E-state index contributed by atoms with van der Waals surface area (Å²) in [6.45, 7) is 10.1. The van der Waals surface area contributed by atoms with Crippen molar-refractivity contribution >= 4 is 11.9 Å². The van der Waals surface area contributed by atoms with Gasteiger partial charge in [-0.1, -0.05) is 0 Å². The van der Waals surface area contributed by atoms with Crippen LogP contribution in [0.1, 0.15) is 40.5 Å². The summed E-state index contributed by atoms with van der Waals surface area (Å²) in [5.74, 6) is -1.91. The Balaban J connectivity index is 2.06. The lowest BCUT2D eigenvalue weighted by Gasteiger charge is -2.51. The van der Waals surface area contributed by atoms with E-state index in [1.165, 1.54) is 5.06 Å². The molecule has 0 saturated carbocycles. The molecule has 12 heteroatoms. The lowest BCUT2D eigenvalue weighted by molar-refractivity contribution is -0.246. The minimum absolute atomic E-state index is 0.00307. The maximum Gasteiger partial charge on any atom is 0.336 e. The minimum atomic E-state index is -1.53. The smallest absolute Gasteiger partial charge is 0.336 e. The summed E-state index contributed by atoms with van der Waals surface area (Å²) in [5.41, 5.74) is -1.17. The van der Waals surface area contributed by atoms with Crippen LogP contribution < -0.4 is 5.32 Å². The molecular formula is C23H42N2O10. The molecule has 1 amide bonds. The Hall–Kier alpha value is -1.38. The topological polar surface area (TPSA) is 145 Å². The fourth-order valence-electron chi connectivity index (χ4n) is 4.47. The number of carbonyl (C=O) groups excluding carboxylic acids is 1. The molecule has 2 rings (SSSR count). The Bertz CT molecular complexity index is 642. The van der Waals surface area contributed by atoms with Crippen LogP contribution in [0.5, 0.6) is 0 Å². The molecule has 0 bridgehead atoms. The third-order valence-corrected chi connectivity index (χ3v) is 5.93. The van der Waals surface area contributed by atoms with E-state index in [1.807, 2.05) is 27.7 Å². The fraction of sp³-hybridized carbons (Fsp3) is 0.913. The van der Waals surface area contributed by atoms with E-state index in [4.69, 9.17) is 28.4 Å². The summed E-state index contributed by atoms with van der Waals surface area (Å²) in [6, 6.07) is -0.293. The zero-order chi connectivity index (χ0) is 25.9. The molecule has 12 nitrogen and oxygen atoms in total. The second-order valence-corrected chi connectivity index (χ2v) is 9.92. The van der Waals surface area contributed by atoms with Crippen LogP contribution in [0.2, 0.25) is 0 Å². The number of rotatable bonds is 3. The second kappa shape index (κ2) is 14.4. The van der Waals surface area contributed by atoms with Gasteiger partial charge in [0.25, 0.3) is 5.91 Å². The van der Waals surface area contributed by atoms with E-state index in [2.05, 4.69) is 5.32 Å².